The highest BCUT2D eigenvalue weighted by Crippen LogP contribution is 1.96. The third-order valence-corrected chi connectivity index (χ3v) is 3.29. The van der Waals surface area contributed by atoms with E-state index in [2.05, 4.69) is 39.2 Å². The molecule has 0 radical (unpaired) electrons. The second-order valence-electron chi connectivity index (χ2n) is 3.71. The molecule has 0 aliphatic heterocycles. The van der Waals surface area contributed by atoms with Gasteiger partial charge in [0.25, 0.3) is 0 Å². The van der Waals surface area contributed by atoms with E-state index in [4.69, 9.17) is 0 Å². The highest BCUT2D eigenvalue weighted by Gasteiger charge is 1.96. The Balaban J connectivity index is 0.00000324. The molecule has 0 bridgehead atoms. The zero-order chi connectivity index (χ0) is 13.1. The van der Waals surface area contributed by atoms with Gasteiger partial charge in [-0.05, 0) is 12.1 Å². The molecule has 19 heavy (non-hydrogen) atoms. The molecule has 108 valence electrons. The van der Waals surface area contributed by atoms with Crippen molar-refractivity contribution in [2.45, 2.75) is 6.54 Å². The SMILES string of the molecule is C=CCSCCNC(=NC)NCCn1cccc1.I. The van der Waals surface area contributed by atoms with Crippen LogP contribution in [0.1, 0.15) is 0 Å². The van der Waals surface area contributed by atoms with Gasteiger partial charge in [-0.25, -0.2) is 0 Å². The molecule has 0 aliphatic rings. The summed E-state index contributed by atoms with van der Waals surface area (Å²) in [5, 5.41) is 6.57. The van der Waals surface area contributed by atoms with Gasteiger partial charge in [0.1, 0.15) is 0 Å². The average molecular weight is 394 g/mol. The smallest absolute Gasteiger partial charge is 0.191 e. The van der Waals surface area contributed by atoms with Crippen LogP contribution in [0.2, 0.25) is 0 Å². The molecule has 1 heterocycles. The minimum Gasteiger partial charge on any atom is -0.356 e. The normalized spacial score (nSPS) is 10.7. The summed E-state index contributed by atoms with van der Waals surface area (Å²) in [5.74, 6) is 2.92. The number of rotatable bonds is 8. The molecule has 0 amide bonds. The van der Waals surface area contributed by atoms with E-state index in [0.29, 0.717) is 0 Å². The number of aromatic nitrogens is 1. The van der Waals surface area contributed by atoms with Gasteiger partial charge in [0.05, 0.1) is 0 Å². The van der Waals surface area contributed by atoms with E-state index in [-0.39, 0.29) is 24.0 Å². The monoisotopic (exact) mass is 394 g/mol. The maximum Gasteiger partial charge on any atom is 0.191 e. The molecule has 0 saturated carbocycles. The summed E-state index contributed by atoms with van der Waals surface area (Å²) < 4.78 is 2.14. The Morgan fingerprint density at radius 3 is 2.63 bits per heavy atom. The minimum absolute atomic E-state index is 0. The van der Waals surface area contributed by atoms with E-state index in [1.54, 1.807) is 7.05 Å². The van der Waals surface area contributed by atoms with Gasteiger partial charge in [0.2, 0.25) is 0 Å². The zero-order valence-corrected chi connectivity index (χ0v) is 14.5. The van der Waals surface area contributed by atoms with E-state index < -0.39 is 0 Å². The molecule has 0 spiro atoms. The first kappa shape index (κ1) is 18.4. The van der Waals surface area contributed by atoms with Gasteiger partial charge >= 0.3 is 0 Å². The molecule has 6 heteroatoms. The van der Waals surface area contributed by atoms with Crippen molar-refractivity contribution in [1.82, 2.24) is 15.2 Å². The number of guanidine groups is 1. The van der Waals surface area contributed by atoms with Crippen molar-refractivity contribution >= 4 is 41.7 Å². The van der Waals surface area contributed by atoms with Crippen LogP contribution in [0.15, 0.2) is 42.2 Å². The van der Waals surface area contributed by atoms with Crippen LogP contribution in [0.4, 0.5) is 0 Å². The Morgan fingerprint density at radius 2 is 2.00 bits per heavy atom. The van der Waals surface area contributed by atoms with Gasteiger partial charge in [-0.1, -0.05) is 6.08 Å². The first-order chi connectivity index (χ1) is 8.86. The second kappa shape index (κ2) is 12.4. The van der Waals surface area contributed by atoms with Crippen molar-refractivity contribution in [3.63, 3.8) is 0 Å². The number of hydrogen-bond acceptors (Lipinski definition) is 2. The van der Waals surface area contributed by atoms with Gasteiger partial charge in [-0.15, -0.1) is 30.6 Å². The van der Waals surface area contributed by atoms with E-state index in [1.807, 2.05) is 30.0 Å². The van der Waals surface area contributed by atoms with Crippen molar-refractivity contribution in [3.05, 3.63) is 37.2 Å². The summed E-state index contributed by atoms with van der Waals surface area (Å²) in [5.41, 5.74) is 0. The van der Waals surface area contributed by atoms with Crippen LogP contribution in [0.3, 0.4) is 0 Å². The number of aliphatic imine (C=N–C) groups is 1. The van der Waals surface area contributed by atoms with Gasteiger partial charge < -0.3 is 15.2 Å². The molecule has 2 N–H and O–H groups in total. The topological polar surface area (TPSA) is 41.4 Å². The highest BCUT2D eigenvalue weighted by atomic mass is 127. The number of halogens is 1. The van der Waals surface area contributed by atoms with Gasteiger partial charge in [-0.3, -0.25) is 4.99 Å². The third-order valence-electron chi connectivity index (χ3n) is 2.33. The Labute approximate surface area is 137 Å². The molecule has 1 rings (SSSR count). The Kier molecular flexibility index (Phi) is 12.0. The zero-order valence-electron chi connectivity index (χ0n) is 11.3. The summed E-state index contributed by atoms with van der Waals surface area (Å²) in [4.78, 5) is 4.18. The largest absolute Gasteiger partial charge is 0.356 e. The predicted molar refractivity (Wildman–Crippen MR) is 96.7 cm³/mol. The number of hydrogen-bond donors (Lipinski definition) is 2. The van der Waals surface area contributed by atoms with E-state index in [9.17, 15) is 0 Å². The quantitative estimate of drug-likeness (QED) is 0.234. The molecule has 0 atom stereocenters. The molecule has 0 aliphatic carbocycles. The van der Waals surface area contributed by atoms with E-state index in [1.165, 1.54) is 0 Å². The average Bonchev–Trinajstić information content (AvgIpc) is 2.89. The van der Waals surface area contributed by atoms with Crippen LogP contribution < -0.4 is 10.6 Å². The Bertz CT molecular complexity index is 352. The lowest BCUT2D eigenvalue weighted by Gasteiger charge is -2.11. The molecule has 4 nitrogen and oxygen atoms in total. The van der Waals surface area contributed by atoms with Crippen molar-refractivity contribution in [3.8, 4) is 0 Å². The summed E-state index contributed by atoms with van der Waals surface area (Å²) in [7, 11) is 1.79. The summed E-state index contributed by atoms with van der Waals surface area (Å²) in [6.45, 7) is 6.43. The maximum absolute atomic E-state index is 4.18. The van der Waals surface area contributed by atoms with Crippen LogP contribution in [-0.2, 0) is 6.54 Å². The van der Waals surface area contributed by atoms with Crippen LogP contribution >= 0.6 is 35.7 Å². The molecule has 0 fully saturated rings. The summed E-state index contributed by atoms with van der Waals surface area (Å²) in [6.07, 6.45) is 6.04. The molecule has 0 unspecified atom stereocenters. The number of nitrogens with zero attached hydrogens (tertiary/aromatic N) is 2. The predicted octanol–water partition coefficient (Wildman–Crippen LogP) is 2.19. The third kappa shape index (κ3) is 8.99. The highest BCUT2D eigenvalue weighted by molar-refractivity contribution is 14.0. The first-order valence-corrected chi connectivity index (χ1v) is 7.26. The fraction of sp³-hybridized carbons (Fsp3) is 0.462. The number of nitrogens with one attached hydrogen (secondary N) is 2. The van der Waals surface area contributed by atoms with Crippen molar-refractivity contribution in [1.29, 1.82) is 0 Å². The number of thioether (sulfide) groups is 1. The van der Waals surface area contributed by atoms with E-state index >= 15 is 0 Å². The van der Waals surface area contributed by atoms with Gasteiger partial charge in [0, 0.05) is 50.6 Å². The maximum atomic E-state index is 4.18. The van der Waals surface area contributed by atoms with Crippen molar-refractivity contribution in [2.24, 2.45) is 4.99 Å². The molecule has 1 aromatic rings. The Morgan fingerprint density at radius 1 is 1.32 bits per heavy atom. The molecular formula is C13H23IN4S. The van der Waals surface area contributed by atoms with Gasteiger partial charge in [-0.2, -0.15) is 11.8 Å². The van der Waals surface area contributed by atoms with Crippen LogP contribution in [0, 0.1) is 0 Å². The van der Waals surface area contributed by atoms with E-state index in [0.717, 1.165) is 37.1 Å². The van der Waals surface area contributed by atoms with Crippen molar-refractivity contribution in [2.75, 3.05) is 31.6 Å². The first-order valence-electron chi connectivity index (χ1n) is 6.10. The lowest BCUT2D eigenvalue weighted by atomic mass is 10.6. The standard InChI is InChI=1S/C13H22N4S.HI/c1-3-11-18-12-7-16-13(14-2)15-6-10-17-8-4-5-9-17;/h3-5,8-9H,1,6-7,10-12H2,2H3,(H2,14,15,16);1H. The van der Waals surface area contributed by atoms with Crippen LogP contribution in [0.5, 0.6) is 0 Å². The minimum atomic E-state index is 0. The lowest BCUT2D eigenvalue weighted by Crippen LogP contribution is -2.39. The van der Waals surface area contributed by atoms with Crippen LogP contribution in [-0.4, -0.2) is 42.2 Å². The molecule has 1 aromatic heterocycles. The second-order valence-corrected chi connectivity index (χ2v) is 4.86. The Hall–Kier alpha value is -0.630. The molecular weight excluding hydrogens is 371 g/mol. The summed E-state index contributed by atoms with van der Waals surface area (Å²) >= 11 is 1.86. The fourth-order valence-electron chi connectivity index (χ4n) is 1.45. The summed E-state index contributed by atoms with van der Waals surface area (Å²) in [6, 6.07) is 4.06. The fourth-order valence-corrected chi connectivity index (χ4v) is 2.03. The lowest BCUT2D eigenvalue weighted by molar-refractivity contribution is 0.667. The van der Waals surface area contributed by atoms with Crippen molar-refractivity contribution < 1.29 is 0 Å². The molecule has 0 saturated heterocycles. The van der Waals surface area contributed by atoms with Crippen LogP contribution in [0.25, 0.3) is 0 Å². The molecule has 0 aromatic carbocycles. The van der Waals surface area contributed by atoms with Gasteiger partial charge in [0.15, 0.2) is 5.96 Å².